The summed E-state index contributed by atoms with van der Waals surface area (Å²) in [7, 11) is 0. The third-order valence-corrected chi connectivity index (χ3v) is 3.73. The van der Waals surface area contributed by atoms with Gasteiger partial charge in [-0.05, 0) is 38.8 Å². The Morgan fingerprint density at radius 3 is 2.62 bits per heavy atom. The molecule has 2 rings (SSSR count). The van der Waals surface area contributed by atoms with Crippen molar-refractivity contribution in [2.75, 3.05) is 11.5 Å². The minimum Gasteiger partial charge on any atom is -0.463 e. The number of esters is 2. The number of nitrogens with zero attached hydrogens (tertiary/aromatic N) is 1. The van der Waals surface area contributed by atoms with E-state index >= 15 is 0 Å². The Morgan fingerprint density at radius 1 is 1.25 bits per heavy atom. The number of amides is 1. The quantitative estimate of drug-likeness (QED) is 0.610. The van der Waals surface area contributed by atoms with Crippen LogP contribution in [0.3, 0.4) is 0 Å². The summed E-state index contributed by atoms with van der Waals surface area (Å²) in [5.41, 5.74) is 1.94. The van der Waals surface area contributed by atoms with E-state index in [1.807, 2.05) is 31.2 Å². The summed E-state index contributed by atoms with van der Waals surface area (Å²) in [6.45, 7) is 5.36. The lowest BCUT2D eigenvalue weighted by Crippen LogP contribution is -2.43. The molecule has 0 unspecified atom stereocenters. The molecule has 1 amide bonds. The highest BCUT2D eigenvalue weighted by Crippen LogP contribution is 2.32. The standard InChI is InChI=1S/C18H21NO5/c1-4-23-16(20)9-10-17(21)24-13(3)18(22)19-12(2)11-14-7-5-6-8-15(14)19/h5-10,12-13H,4,11H2,1-3H3/b10-9+/t12-,13+/m0/s1. The van der Waals surface area contributed by atoms with Gasteiger partial charge in [0.2, 0.25) is 0 Å². The number of benzene rings is 1. The van der Waals surface area contributed by atoms with Crippen LogP contribution in [0.5, 0.6) is 0 Å². The van der Waals surface area contributed by atoms with E-state index in [0.717, 1.165) is 29.8 Å². The molecule has 0 saturated carbocycles. The number of ether oxygens (including phenoxy) is 2. The summed E-state index contributed by atoms with van der Waals surface area (Å²) in [5, 5.41) is 0. The van der Waals surface area contributed by atoms with Crippen LogP contribution in [0.2, 0.25) is 0 Å². The van der Waals surface area contributed by atoms with Gasteiger partial charge in [0.15, 0.2) is 6.10 Å². The highest BCUT2D eigenvalue weighted by Gasteiger charge is 2.34. The van der Waals surface area contributed by atoms with Gasteiger partial charge in [0.05, 0.1) is 6.61 Å². The number of para-hydroxylation sites is 1. The van der Waals surface area contributed by atoms with Crippen molar-refractivity contribution in [3.05, 3.63) is 42.0 Å². The van der Waals surface area contributed by atoms with Crippen molar-refractivity contribution >= 4 is 23.5 Å². The van der Waals surface area contributed by atoms with Gasteiger partial charge >= 0.3 is 11.9 Å². The number of hydrogen-bond acceptors (Lipinski definition) is 5. The first-order valence-corrected chi connectivity index (χ1v) is 7.90. The SMILES string of the molecule is CCOC(=O)/C=C/C(=O)O[C@H](C)C(=O)N1c2ccccc2C[C@@H]1C. The van der Waals surface area contributed by atoms with Crippen molar-refractivity contribution < 1.29 is 23.9 Å². The van der Waals surface area contributed by atoms with Crippen LogP contribution in [0.1, 0.15) is 26.3 Å². The monoisotopic (exact) mass is 331 g/mol. The van der Waals surface area contributed by atoms with Gasteiger partial charge in [-0.25, -0.2) is 9.59 Å². The molecule has 6 heteroatoms. The maximum atomic E-state index is 12.6. The number of fused-ring (bicyclic) bond motifs is 1. The number of anilines is 1. The molecule has 128 valence electrons. The Bertz CT molecular complexity index is 667. The summed E-state index contributed by atoms with van der Waals surface area (Å²) in [4.78, 5) is 37.2. The number of carbonyl (C=O) groups excluding carboxylic acids is 3. The Morgan fingerprint density at radius 2 is 1.92 bits per heavy atom. The van der Waals surface area contributed by atoms with Crippen LogP contribution in [0.25, 0.3) is 0 Å². The topological polar surface area (TPSA) is 72.9 Å². The van der Waals surface area contributed by atoms with Gasteiger partial charge in [0.25, 0.3) is 5.91 Å². The third-order valence-electron chi connectivity index (χ3n) is 3.73. The van der Waals surface area contributed by atoms with Gasteiger partial charge in [-0.15, -0.1) is 0 Å². The Labute approximate surface area is 141 Å². The summed E-state index contributed by atoms with van der Waals surface area (Å²) < 4.78 is 9.76. The van der Waals surface area contributed by atoms with E-state index < -0.39 is 18.0 Å². The fourth-order valence-electron chi connectivity index (χ4n) is 2.69. The van der Waals surface area contributed by atoms with Crippen molar-refractivity contribution in [3.63, 3.8) is 0 Å². The Kier molecular flexibility index (Phi) is 5.73. The van der Waals surface area contributed by atoms with E-state index in [1.54, 1.807) is 11.8 Å². The molecule has 1 aliphatic heterocycles. The molecule has 0 radical (unpaired) electrons. The third kappa shape index (κ3) is 4.01. The summed E-state index contributed by atoms with van der Waals surface area (Å²) in [6.07, 6.45) is 1.77. The fourth-order valence-corrected chi connectivity index (χ4v) is 2.69. The smallest absolute Gasteiger partial charge is 0.331 e. The van der Waals surface area contributed by atoms with E-state index in [1.165, 1.54) is 6.92 Å². The fraction of sp³-hybridized carbons (Fsp3) is 0.389. The molecular formula is C18H21NO5. The largest absolute Gasteiger partial charge is 0.463 e. The predicted molar refractivity (Wildman–Crippen MR) is 88.4 cm³/mol. The van der Waals surface area contributed by atoms with Crippen LogP contribution in [0, 0.1) is 0 Å². The zero-order valence-electron chi connectivity index (χ0n) is 14.0. The van der Waals surface area contributed by atoms with Gasteiger partial charge in [0, 0.05) is 23.9 Å². The summed E-state index contributed by atoms with van der Waals surface area (Å²) in [5.74, 6) is -1.68. The van der Waals surface area contributed by atoms with Crippen LogP contribution in [-0.2, 0) is 30.3 Å². The van der Waals surface area contributed by atoms with Crippen LogP contribution in [0.15, 0.2) is 36.4 Å². The molecule has 1 heterocycles. The van der Waals surface area contributed by atoms with Crippen LogP contribution >= 0.6 is 0 Å². The van der Waals surface area contributed by atoms with Gasteiger partial charge in [-0.1, -0.05) is 18.2 Å². The molecule has 1 aromatic carbocycles. The maximum Gasteiger partial charge on any atom is 0.331 e. The van der Waals surface area contributed by atoms with Gasteiger partial charge in [0.1, 0.15) is 0 Å². The molecule has 2 atom stereocenters. The molecule has 0 fully saturated rings. The van der Waals surface area contributed by atoms with E-state index in [0.29, 0.717) is 0 Å². The van der Waals surface area contributed by atoms with E-state index in [4.69, 9.17) is 4.74 Å². The lowest BCUT2D eigenvalue weighted by molar-refractivity contribution is -0.149. The van der Waals surface area contributed by atoms with E-state index in [2.05, 4.69) is 4.74 Å². The average Bonchev–Trinajstić information content (AvgIpc) is 2.88. The molecule has 0 aliphatic carbocycles. The Hall–Kier alpha value is -2.63. The predicted octanol–water partition coefficient (Wildman–Crippen LogP) is 2.02. The minimum atomic E-state index is -0.946. The van der Waals surface area contributed by atoms with E-state index in [-0.39, 0.29) is 18.6 Å². The first kappa shape index (κ1) is 17.7. The van der Waals surface area contributed by atoms with Gasteiger partial charge < -0.3 is 14.4 Å². The minimum absolute atomic E-state index is 0.00567. The molecule has 1 aliphatic rings. The molecule has 0 spiro atoms. The van der Waals surface area contributed by atoms with Crippen molar-refractivity contribution in [2.45, 2.75) is 39.3 Å². The van der Waals surface area contributed by atoms with Crippen LogP contribution < -0.4 is 4.90 Å². The van der Waals surface area contributed by atoms with Crippen molar-refractivity contribution in [3.8, 4) is 0 Å². The van der Waals surface area contributed by atoms with Crippen molar-refractivity contribution in [2.24, 2.45) is 0 Å². The number of carbonyl (C=O) groups is 3. The second kappa shape index (κ2) is 7.77. The second-order valence-electron chi connectivity index (χ2n) is 5.55. The molecule has 0 aromatic heterocycles. The second-order valence-corrected chi connectivity index (χ2v) is 5.55. The zero-order chi connectivity index (χ0) is 17.7. The first-order valence-electron chi connectivity index (χ1n) is 7.90. The van der Waals surface area contributed by atoms with Crippen LogP contribution in [-0.4, -0.2) is 36.6 Å². The van der Waals surface area contributed by atoms with Gasteiger partial charge in [-0.2, -0.15) is 0 Å². The van der Waals surface area contributed by atoms with E-state index in [9.17, 15) is 14.4 Å². The number of hydrogen-bond donors (Lipinski definition) is 0. The van der Waals surface area contributed by atoms with Crippen molar-refractivity contribution in [1.82, 2.24) is 0 Å². The summed E-state index contributed by atoms with van der Waals surface area (Å²) in [6, 6.07) is 7.68. The lowest BCUT2D eigenvalue weighted by atomic mass is 10.1. The molecular weight excluding hydrogens is 310 g/mol. The lowest BCUT2D eigenvalue weighted by Gasteiger charge is -2.25. The van der Waals surface area contributed by atoms with Crippen LogP contribution in [0.4, 0.5) is 5.69 Å². The number of rotatable bonds is 5. The molecule has 0 saturated heterocycles. The highest BCUT2D eigenvalue weighted by molar-refractivity contribution is 6.00. The molecule has 6 nitrogen and oxygen atoms in total. The zero-order valence-corrected chi connectivity index (χ0v) is 14.0. The Balaban J connectivity index is 2.00. The van der Waals surface area contributed by atoms with Gasteiger partial charge in [-0.3, -0.25) is 4.79 Å². The normalized spacial score (nSPS) is 17.5. The first-order chi connectivity index (χ1) is 11.4. The molecule has 0 bridgehead atoms. The highest BCUT2D eigenvalue weighted by atomic mass is 16.5. The molecule has 1 aromatic rings. The van der Waals surface area contributed by atoms with Crippen molar-refractivity contribution in [1.29, 1.82) is 0 Å². The average molecular weight is 331 g/mol. The molecule has 24 heavy (non-hydrogen) atoms. The maximum absolute atomic E-state index is 12.6. The summed E-state index contributed by atoms with van der Waals surface area (Å²) >= 11 is 0. The molecule has 0 N–H and O–H groups in total.